The number of ether oxygens (including phenoxy) is 1. The summed E-state index contributed by atoms with van der Waals surface area (Å²) in [4.78, 5) is 7.86. The number of thiocarbonyl (C=S) groups is 2. The Hall–Kier alpha value is -0.440. The minimum Gasteiger partial charge on any atom is -0.381 e. The third-order valence-electron chi connectivity index (χ3n) is 2.14. The minimum absolute atomic E-state index is 0.326. The van der Waals surface area contributed by atoms with Crippen LogP contribution in [0, 0.1) is 5.92 Å². The Morgan fingerprint density at radius 3 is 2.25 bits per heavy atom. The molecule has 90 valence electrons. The van der Waals surface area contributed by atoms with E-state index in [9.17, 15) is 0 Å². The molecule has 0 saturated heterocycles. The fourth-order valence-electron chi connectivity index (χ4n) is 1.17. The first-order chi connectivity index (χ1) is 7.85. The van der Waals surface area contributed by atoms with Gasteiger partial charge in [0, 0.05) is 19.1 Å². The monoisotopic (exact) mass is 258 g/mol. The van der Waals surface area contributed by atoms with Crippen molar-refractivity contribution in [3.63, 3.8) is 0 Å². The molecule has 3 nitrogen and oxygen atoms in total. The number of rotatable bonds is 10. The van der Waals surface area contributed by atoms with Crippen LogP contribution >= 0.6 is 24.4 Å². The second-order valence-electron chi connectivity index (χ2n) is 3.48. The predicted molar refractivity (Wildman–Crippen MR) is 73.6 cm³/mol. The molecule has 0 saturated carbocycles. The molecule has 0 aromatic heterocycles. The van der Waals surface area contributed by atoms with Crippen LogP contribution in [0.2, 0.25) is 0 Å². The van der Waals surface area contributed by atoms with Gasteiger partial charge in [-0.2, -0.15) is 0 Å². The van der Waals surface area contributed by atoms with Crippen LogP contribution in [0.1, 0.15) is 26.2 Å². The Morgan fingerprint density at radius 1 is 1.12 bits per heavy atom. The highest BCUT2D eigenvalue weighted by Crippen LogP contribution is 2.05. The van der Waals surface area contributed by atoms with Gasteiger partial charge in [-0.05, 0) is 37.3 Å². The topological polar surface area (TPSA) is 34.0 Å². The Balaban J connectivity index is 3.72. The summed E-state index contributed by atoms with van der Waals surface area (Å²) in [6, 6.07) is 0. The first kappa shape index (κ1) is 15.6. The molecule has 0 rings (SSSR count). The van der Waals surface area contributed by atoms with Gasteiger partial charge in [-0.3, -0.25) is 0 Å². The summed E-state index contributed by atoms with van der Waals surface area (Å²) in [5.74, 6) is 0.326. The van der Waals surface area contributed by atoms with Gasteiger partial charge in [0.25, 0.3) is 0 Å². The van der Waals surface area contributed by atoms with E-state index in [1.165, 1.54) is 0 Å². The summed E-state index contributed by atoms with van der Waals surface area (Å²) in [6.07, 6.45) is 3.19. The van der Waals surface area contributed by atoms with Gasteiger partial charge in [-0.25, -0.2) is 9.98 Å². The first-order valence-electron chi connectivity index (χ1n) is 5.50. The molecule has 0 aliphatic heterocycles. The second-order valence-corrected chi connectivity index (χ2v) is 3.85. The van der Waals surface area contributed by atoms with E-state index in [-0.39, 0.29) is 0 Å². The molecule has 0 amide bonds. The molecule has 0 fully saturated rings. The molecule has 0 aromatic carbocycles. The van der Waals surface area contributed by atoms with Crippen molar-refractivity contribution in [1.82, 2.24) is 0 Å². The van der Waals surface area contributed by atoms with Crippen molar-refractivity contribution in [2.24, 2.45) is 15.9 Å². The number of aliphatic imine (C=N–C) groups is 2. The summed E-state index contributed by atoms with van der Waals surface area (Å²) >= 11 is 9.08. The predicted octanol–water partition coefficient (Wildman–Crippen LogP) is 3.02. The van der Waals surface area contributed by atoms with Crippen molar-refractivity contribution in [3.8, 4) is 0 Å². The summed E-state index contributed by atoms with van der Waals surface area (Å²) in [5.41, 5.74) is 0. The van der Waals surface area contributed by atoms with Gasteiger partial charge >= 0.3 is 0 Å². The Bertz CT molecular complexity index is 239. The van der Waals surface area contributed by atoms with E-state index in [4.69, 9.17) is 4.74 Å². The quantitative estimate of drug-likeness (QED) is 0.343. The molecule has 0 bridgehead atoms. The number of unbranched alkanes of at least 4 members (excludes halogenated alkanes) is 1. The fourth-order valence-corrected chi connectivity index (χ4v) is 1.32. The van der Waals surface area contributed by atoms with Crippen molar-refractivity contribution in [3.05, 3.63) is 0 Å². The summed E-state index contributed by atoms with van der Waals surface area (Å²) in [7, 11) is 0. The van der Waals surface area contributed by atoms with Crippen molar-refractivity contribution in [1.29, 1.82) is 0 Å². The number of nitrogens with zero attached hydrogens (tertiary/aromatic N) is 2. The summed E-state index contributed by atoms with van der Waals surface area (Å²) in [5, 5.41) is 4.73. The van der Waals surface area contributed by atoms with Crippen LogP contribution in [0.25, 0.3) is 0 Å². The maximum Gasteiger partial charge on any atom is 0.0585 e. The average Bonchev–Trinajstić information content (AvgIpc) is 2.31. The molecule has 16 heavy (non-hydrogen) atoms. The standard InChI is InChI=1S/C11H18N2OS2/c1-2-3-5-14-6-4-11(7-12-9-15)8-13-10-16/h11H,2-8H2,1H3. The highest BCUT2D eigenvalue weighted by atomic mass is 32.1. The largest absolute Gasteiger partial charge is 0.381 e. The lowest BCUT2D eigenvalue weighted by Gasteiger charge is -2.10. The van der Waals surface area contributed by atoms with E-state index in [2.05, 4.69) is 51.7 Å². The number of hydrogen-bond donors (Lipinski definition) is 0. The van der Waals surface area contributed by atoms with Crippen molar-refractivity contribution in [2.75, 3.05) is 26.3 Å². The van der Waals surface area contributed by atoms with E-state index >= 15 is 0 Å². The normalized spacial score (nSPS) is 11.3. The summed E-state index contributed by atoms with van der Waals surface area (Å²) < 4.78 is 5.49. The molecule has 0 heterocycles. The SMILES string of the molecule is CCCCOCCC(CN=C=S)CN=C=S. The lowest BCUT2D eigenvalue weighted by Crippen LogP contribution is -2.12. The Kier molecular flexibility index (Phi) is 12.3. The third-order valence-corrected chi connectivity index (χ3v) is 2.40. The van der Waals surface area contributed by atoms with Gasteiger partial charge in [0.15, 0.2) is 0 Å². The van der Waals surface area contributed by atoms with Gasteiger partial charge < -0.3 is 4.74 Å². The first-order valence-corrected chi connectivity index (χ1v) is 6.31. The zero-order valence-corrected chi connectivity index (χ0v) is 11.3. The van der Waals surface area contributed by atoms with Crippen molar-refractivity contribution < 1.29 is 4.74 Å². The molecule has 0 aliphatic rings. The van der Waals surface area contributed by atoms with E-state index < -0.39 is 0 Å². The van der Waals surface area contributed by atoms with Crippen LogP contribution in [0.15, 0.2) is 9.98 Å². The van der Waals surface area contributed by atoms with E-state index in [1.807, 2.05) is 0 Å². The Morgan fingerprint density at radius 2 is 1.75 bits per heavy atom. The van der Waals surface area contributed by atoms with Crippen molar-refractivity contribution in [2.45, 2.75) is 26.2 Å². The zero-order chi connectivity index (χ0) is 12.1. The Labute approximate surface area is 108 Å². The van der Waals surface area contributed by atoms with E-state index in [1.54, 1.807) is 0 Å². The minimum atomic E-state index is 0.326. The van der Waals surface area contributed by atoms with E-state index in [0.29, 0.717) is 19.0 Å². The zero-order valence-electron chi connectivity index (χ0n) is 9.65. The molecule has 0 radical (unpaired) electrons. The smallest absolute Gasteiger partial charge is 0.0585 e. The van der Waals surface area contributed by atoms with Gasteiger partial charge in [0.05, 0.1) is 23.4 Å². The molecular formula is C11H18N2OS2. The van der Waals surface area contributed by atoms with Crippen LogP contribution in [0.5, 0.6) is 0 Å². The van der Waals surface area contributed by atoms with Crippen LogP contribution in [0.4, 0.5) is 0 Å². The fraction of sp³-hybridized carbons (Fsp3) is 0.818. The molecule has 5 heteroatoms. The maximum absolute atomic E-state index is 5.49. The van der Waals surface area contributed by atoms with Crippen molar-refractivity contribution >= 4 is 34.8 Å². The number of hydrogen-bond acceptors (Lipinski definition) is 5. The summed E-state index contributed by atoms with van der Waals surface area (Å²) in [6.45, 7) is 5.00. The van der Waals surface area contributed by atoms with Crippen LogP contribution < -0.4 is 0 Å². The van der Waals surface area contributed by atoms with E-state index in [0.717, 1.165) is 32.5 Å². The van der Waals surface area contributed by atoms with Gasteiger partial charge in [0.2, 0.25) is 0 Å². The molecular weight excluding hydrogens is 240 g/mol. The third kappa shape index (κ3) is 10.1. The molecule has 0 aromatic rings. The molecule has 0 aliphatic carbocycles. The van der Waals surface area contributed by atoms with Gasteiger partial charge in [-0.15, -0.1) is 0 Å². The number of isothiocyanates is 2. The highest BCUT2D eigenvalue weighted by Gasteiger charge is 2.06. The van der Waals surface area contributed by atoms with Gasteiger partial charge in [-0.1, -0.05) is 13.3 Å². The molecule has 0 N–H and O–H groups in total. The lowest BCUT2D eigenvalue weighted by molar-refractivity contribution is 0.119. The van der Waals surface area contributed by atoms with Crippen LogP contribution in [0.3, 0.4) is 0 Å². The van der Waals surface area contributed by atoms with Crippen LogP contribution in [-0.2, 0) is 4.74 Å². The second kappa shape index (κ2) is 12.6. The molecule has 0 atom stereocenters. The van der Waals surface area contributed by atoms with Crippen LogP contribution in [-0.4, -0.2) is 36.6 Å². The maximum atomic E-state index is 5.49. The van der Waals surface area contributed by atoms with Gasteiger partial charge in [0.1, 0.15) is 0 Å². The average molecular weight is 258 g/mol. The molecule has 0 unspecified atom stereocenters. The molecule has 0 spiro atoms. The highest BCUT2D eigenvalue weighted by molar-refractivity contribution is 7.78. The lowest BCUT2D eigenvalue weighted by atomic mass is 10.1.